The van der Waals surface area contributed by atoms with E-state index in [0.29, 0.717) is 18.8 Å². The van der Waals surface area contributed by atoms with E-state index in [0.717, 1.165) is 23.3 Å². The highest BCUT2D eigenvalue weighted by Crippen LogP contribution is 2.17. The maximum atomic E-state index is 12.1. The van der Waals surface area contributed by atoms with Gasteiger partial charge in [0, 0.05) is 13.6 Å². The number of nitrogens with zero attached hydrogens (tertiary/aromatic N) is 4. The van der Waals surface area contributed by atoms with Crippen molar-refractivity contribution in [1.29, 1.82) is 0 Å². The third kappa shape index (κ3) is 3.85. The van der Waals surface area contributed by atoms with Crippen LogP contribution in [0.2, 0.25) is 0 Å². The number of amides is 1. The molecule has 2 rings (SSSR count). The molecule has 8 heteroatoms. The predicted molar refractivity (Wildman–Crippen MR) is 79.5 cm³/mol. The minimum atomic E-state index is 0.0105. The van der Waals surface area contributed by atoms with Crippen molar-refractivity contribution in [2.75, 3.05) is 12.8 Å². The molecule has 0 aromatic carbocycles. The molecular formula is C13H19N5O2S. The summed E-state index contributed by atoms with van der Waals surface area (Å²) in [6, 6.07) is 3.65. The Kier molecular flexibility index (Phi) is 5.40. The monoisotopic (exact) mass is 309 g/mol. The van der Waals surface area contributed by atoms with E-state index in [4.69, 9.17) is 10.2 Å². The number of nitrogens with two attached hydrogens (primary N) is 1. The van der Waals surface area contributed by atoms with Gasteiger partial charge in [-0.3, -0.25) is 4.79 Å². The van der Waals surface area contributed by atoms with E-state index in [9.17, 15) is 4.79 Å². The van der Waals surface area contributed by atoms with E-state index in [1.54, 1.807) is 24.3 Å². The lowest BCUT2D eigenvalue weighted by atomic mass is 10.4. The summed E-state index contributed by atoms with van der Waals surface area (Å²) in [5, 5.41) is 8.81. The predicted octanol–water partition coefficient (Wildman–Crippen LogP) is 1.10. The van der Waals surface area contributed by atoms with Crippen molar-refractivity contribution in [3.05, 3.63) is 30.0 Å². The molecule has 0 saturated heterocycles. The van der Waals surface area contributed by atoms with Gasteiger partial charge in [-0.2, -0.15) is 0 Å². The van der Waals surface area contributed by atoms with E-state index >= 15 is 0 Å². The fourth-order valence-electron chi connectivity index (χ4n) is 1.86. The van der Waals surface area contributed by atoms with Crippen LogP contribution < -0.4 is 5.73 Å². The Balaban J connectivity index is 1.90. The third-order valence-electron chi connectivity index (χ3n) is 3.02. The molecule has 21 heavy (non-hydrogen) atoms. The summed E-state index contributed by atoms with van der Waals surface area (Å²) in [5.74, 6) is 1.81. The summed E-state index contributed by atoms with van der Waals surface area (Å²) in [5.41, 5.74) is 5.60. The average Bonchev–Trinajstić information content (AvgIpc) is 3.12. The highest BCUT2D eigenvalue weighted by molar-refractivity contribution is 7.99. The average molecular weight is 309 g/mol. The second kappa shape index (κ2) is 7.28. The summed E-state index contributed by atoms with van der Waals surface area (Å²) in [7, 11) is 1.75. The van der Waals surface area contributed by atoms with Crippen molar-refractivity contribution in [2.45, 2.75) is 31.7 Å². The molecule has 2 heterocycles. The number of furan rings is 1. The van der Waals surface area contributed by atoms with Crippen molar-refractivity contribution in [1.82, 2.24) is 19.7 Å². The highest BCUT2D eigenvalue weighted by Gasteiger charge is 2.15. The fourth-order valence-corrected chi connectivity index (χ4v) is 2.82. The lowest BCUT2D eigenvalue weighted by Crippen LogP contribution is -2.27. The molecule has 0 aliphatic heterocycles. The van der Waals surface area contributed by atoms with Gasteiger partial charge in [-0.25, -0.2) is 0 Å². The molecule has 0 unspecified atom stereocenters. The fraction of sp³-hybridized carbons (Fsp3) is 0.462. The molecule has 7 nitrogen and oxygen atoms in total. The Labute approximate surface area is 127 Å². The molecule has 0 aliphatic rings. The molecule has 0 spiro atoms. The standard InChI is InChI=1S/C13H19N5O2S/c1-3-18-11(7-14)15-16-13(18)21-9-12(19)17(2)8-10-5-4-6-20-10/h4-6H,3,7-9,14H2,1-2H3. The molecule has 0 radical (unpaired) electrons. The summed E-state index contributed by atoms with van der Waals surface area (Å²) in [6.45, 7) is 3.53. The number of hydrogen-bond acceptors (Lipinski definition) is 6. The molecule has 2 aromatic rings. The van der Waals surface area contributed by atoms with Crippen LogP contribution in [-0.4, -0.2) is 38.4 Å². The molecule has 0 atom stereocenters. The molecule has 0 bridgehead atoms. The molecule has 2 N–H and O–H groups in total. The van der Waals surface area contributed by atoms with E-state index in [2.05, 4.69) is 10.2 Å². The van der Waals surface area contributed by atoms with Crippen molar-refractivity contribution in [3.8, 4) is 0 Å². The first kappa shape index (κ1) is 15.6. The second-order valence-corrected chi connectivity index (χ2v) is 5.41. The first-order valence-corrected chi connectivity index (χ1v) is 7.65. The summed E-state index contributed by atoms with van der Waals surface area (Å²) in [4.78, 5) is 13.7. The number of rotatable bonds is 7. The number of aromatic nitrogens is 3. The highest BCUT2D eigenvalue weighted by atomic mass is 32.2. The van der Waals surface area contributed by atoms with Crippen molar-refractivity contribution in [2.24, 2.45) is 5.73 Å². The number of carbonyl (C=O) groups excluding carboxylic acids is 1. The van der Waals surface area contributed by atoms with Crippen LogP contribution in [0.15, 0.2) is 28.0 Å². The quantitative estimate of drug-likeness (QED) is 0.770. The van der Waals surface area contributed by atoms with Crippen molar-refractivity contribution >= 4 is 17.7 Å². The summed E-state index contributed by atoms with van der Waals surface area (Å²) < 4.78 is 7.15. The van der Waals surface area contributed by atoms with E-state index in [1.165, 1.54) is 11.8 Å². The van der Waals surface area contributed by atoms with Crippen LogP contribution in [0.25, 0.3) is 0 Å². The zero-order chi connectivity index (χ0) is 15.2. The van der Waals surface area contributed by atoms with E-state index in [1.807, 2.05) is 17.6 Å². The number of carbonyl (C=O) groups is 1. The lowest BCUT2D eigenvalue weighted by molar-refractivity contribution is -0.127. The second-order valence-electron chi connectivity index (χ2n) is 4.47. The summed E-state index contributed by atoms with van der Waals surface area (Å²) in [6.07, 6.45) is 1.60. The normalized spacial score (nSPS) is 10.8. The van der Waals surface area contributed by atoms with Gasteiger partial charge in [0.1, 0.15) is 11.6 Å². The van der Waals surface area contributed by atoms with E-state index in [-0.39, 0.29) is 5.91 Å². The van der Waals surface area contributed by atoms with Gasteiger partial charge in [0.15, 0.2) is 5.16 Å². The van der Waals surface area contributed by atoms with Gasteiger partial charge in [0.2, 0.25) is 5.91 Å². The van der Waals surface area contributed by atoms with Crippen LogP contribution in [0.1, 0.15) is 18.5 Å². The van der Waals surface area contributed by atoms with Crippen LogP contribution in [0.4, 0.5) is 0 Å². The molecule has 0 aliphatic carbocycles. The smallest absolute Gasteiger partial charge is 0.233 e. The zero-order valence-electron chi connectivity index (χ0n) is 12.2. The van der Waals surface area contributed by atoms with Gasteiger partial charge in [-0.05, 0) is 19.1 Å². The minimum absolute atomic E-state index is 0.0105. The van der Waals surface area contributed by atoms with Gasteiger partial charge in [0.25, 0.3) is 0 Å². The largest absolute Gasteiger partial charge is 0.467 e. The molecule has 0 saturated carbocycles. The SMILES string of the molecule is CCn1c(CN)nnc1SCC(=O)N(C)Cc1ccco1. The topological polar surface area (TPSA) is 90.2 Å². The van der Waals surface area contributed by atoms with Crippen LogP contribution in [0.3, 0.4) is 0 Å². The van der Waals surface area contributed by atoms with Gasteiger partial charge in [-0.15, -0.1) is 10.2 Å². The van der Waals surface area contributed by atoms with Gasteiger partial charge >= 0.3 is 0 Å². The van der Waals surface area contributed by atoms with Crippen LogP contribution in [0.5, 0.6) is 0 Å². The minimum Gasteiger partial charge on any atom is -0.467 e. The number of thioether (sulfide) groups is 1. The first-order valence-electron chi connectivity index (χ1n) is 6.67. The maximum Gasteiger partial charge on any atom is 0.233 e. The zero-order valence-corrected chi connectivity index (χ0v) is 13.0. The maximum absolute atomic E-state index is 12.1. The Bertz CT molecular complexity index is 581. The van der Waals surface area contributed by atoms with Crippen LogP contribution in [-0.2, 0) is 24.4 Å². The molecule has 114 valence electrons. The van der Waals surface area contributed by atoms with Gasteiger partial charge < -0.3 is 19.6 Å². The summed E-state index contributed by atoms with van der Waals surface area (Å²) >= 11 is 1.37. The molecule has 1 amide bonds. The molecular weight excluding hydrogens is 290 g/mol. The molecule has 2 aromatic heterocycles. The number of hydrogen-bond donors (Lipinski definition) is 1. The van der Waals surface area contributed by atoms with Crippen molar-refractivity contribution < 1.29 is 9.21 Å². The molecule has 0 fully saturated rings. The Morgan fingerprint density at radius 3 is 2.95 bits per heavy atom. The van der Waals surface area contributed by atoms with Gasteiger partial charge in [-0.1, -0.05) is 11.8 Å². The third-order valence-corrected chi connectivity index (χ3v) is 3.97. The lowest BCUT2D eigenvalue weighted by Gasteiger charge is -2.15. The Hall–Kier alpha value is -1.80. The van der Waals surface area contributed by atoms with Crippen molar-refractivity contribution in [3.63, 3.8) is 0 Å². The Morgan fingerprint density at radius 1 is 1.52 bits per heavy atom. The Morgan fingerprint density at radius 2 is 2.33 bits per heavy atom. The van der Waals surface area contributed by atoms with Crippen LogP contribution >= 0.6 is 11.8 Å². The first-order chi connectivity index (χ1) is 10.2. The van der Waals surface area contributed by atoms with Gasteiger partial charge in [0.05, 0.1) is 25.1 Å². The van der Waals surface area contributed by atoms with Crippen LogP contribution in [0, 0.1) is 0 Å². The van der Waals surface area contributed by atoms with E-state index < -0.39 is 0 Å².